The molecule has 4 rings (SSSR count). The second-order valence-electron chi connectivity index (χ2n) is 8.53. The maximum Gasteiger partial charge on any atom is 0.254 e. The number of hydrogen-bond acceptors (Lipinski definition) is 5. The highest BCUT2D eigenvalue weighted by Crippen LogP contribution is 2.22. The average Bonchev–Trinajstić information content (AvgIpc) is 3.27. The van der Waals surface area contributed by atoms with Crippen LogP contribution in [-0.4, -0.2) is 60.8 Å². The van der Waals surface area contributed by atoms with Crippen LogP contribution < -0.4 is 4.72 Å². The lowest BCUT2D eigenvalue weighted by atomic mass is 10.1. The first-order chi connectivity index (χ1) is 14.9. The lowest BCUT2D eigenvalue weighted by molar-refractivity contribution is 0.0473. The fraction of sp³-hybridized carbons (Fsp3) is 0.478. The number of hydrogen-bond donors (Lipinski definition) is 1. The minimum Gasteiger partial charge on any atom is -0.333 e. The summed E-state index contributed by atoms with van der Waals surface area (Å²) in [5.74, 6) is -0.122. The van der Waals surface area contributed by atoms with Gasteiger partial charge in [-0.3, -0.25) is 14.7 Å². The first-order valence-corrected chi connectivity index (χ1v) is 12.5. The fourth-order valence-corrected chi connectivity index (χ4v) is 5.84. The van der Waals surface area contributed by atoms with E-state index in [4.69, 9.17) is 0 Å². The predicted molar refractivity (Wildman–Crippen MR) is 119 cm³/mol. The zero-order chi connectivity index (χ0) is 21.8. The van der Waals surface area contributed by atoms with E-state index in [9.17, 15) is 13.2 Å². The molecule has 31 heavy (non-hydrogen) atoms. The highest BCUT2D eigenvalue weighted by molar-refractivity contribution is 7.89. The van der Waals surface area contributed by atoms with Gasteiger partial charge in [0.1, 0.15) is 0 Å². The number of rotatable bonds is 6. The Morgan fingerprint density at radius 2 is 1.94 bits per heavy atom. The number of pyridine rings is 1. The van der Waals surface area contributed by atoms with Gasteiger partial charge in [-0.05, 0) is 50.1 Å². The number of nitrogens with one attached hydrogen (secondary N) is 1. The van der Waals surface area contributed by atoms with Crippen molar-refractivity contribution in [2.24, 2.45) is 0 Å². The molecule has 2 aliphatic rings. The molecular weight excluding hydrogens is 412 g/mol. The van der Waals surface area contributed by atoms with E-state index in [1.54, 1.807) is 24.4 Å². The quantitative estimate of drug-likeness (QED) is 0.744. The third kappa shape index (κ3) is 5.31. The van der Waals surface area contributed by atoms with E-state index < -0.39 is 10.0 Å². The van der Waals surface area contributed by atoms with E-state index in [1.165, 1.54) is 6.07 Å². The van der Waals surface area contributed by atoms with Gasteiger partial charge in [0.05, 0.1) is 10.6 Å². The van der Waals surface area contributed by atoms with Crippen molar-refractivity contribution in [1.29, 1.82) is 0 Å². The summed E-state index contributed by atoms with van der Waals surface area (Å²) in [7, 11) is -3.62. The van der Waals surface area contributed by atoms with Gasteiger partial charge in [0.15, 0.2) is 0 Å². The normalized spacial score (nSPS) is 20.8. The van der Waals surface area contributed by atoms with Gasteiger partial charge in [0.25, 0.3) is 5.91 Å². The number of carbonyl (C=O) groups is 1. The number of piperazine rings is 1. The van der Waals surface area contributed by atoms with E-state index in [1.807, 2.05) is 30.0 Å². The first kappa shape index (κ1) is 21.9. The Morgan fingerprint density at radius 1 is 1.13 bits per heavy atom. The van der Waals surface area contributed by atoms with Gasteiger partial charge in [0, 0.05) is 50.0 Å². The zero-order valence-electron chi connectivity index (χ0n) is 17.9. The number of benzene rings is 1. The molecule has 0 unspecified atom stereocenters. The Labute approximate surface area is 184 Å². The monoisotopic (exact) mass is 442 g/mol. The molecule has 1 aliphatic carbocycles. The summed E-state index contributed by atoms with van der Waals surface area (Å²) in [6.45, 7) is 4.90. The van der Waals surface area contributed by atoms with Crippen molar-refractivity contribution in [2.45, 2.75) is 56.1 Å². The maximum absolute atomic E-state index is 13.2. The highest BCUT2D eigenvalue weighted by Gasteiger charge is 2.29. The smallest absolute Gasteiger partial charge is 0.254 e. The van der Waals surface area contributed by atoms with Crippen LogP contribution in [0.15, 0.2) is 53.6 Å². The lowest BCUT2D eigenvalue weighted by Gasteiger charge is -2.39. The van der Waals surface area contributed by atoms with Crippen molar-refractivity contribution in [3.8, 4) is 0 Å². The molecule has 1 N–H and O–H groups in total. The predicted octanol–water partition coefficient (Wildman–Crippen LogP) is 2.65. The number of sulfonamides is 1. The largest absolute Gasteiger partial charge is 0.333 e. The summed E-state index contributed by atoms with van der Waals surface area (Å²) in [6.07, 6.45) is 5.64. The van der Waals surface area contributed by atoms with E-state index in [-0.39, 0.29) is 22.9 Å². The standard InChI is InChI=1S/C23H30N4O3S/c1-18-16-26(17-21-10-4-5-12-24-21)13-14-27(18)23(28)19-7-6-11-22(15-19)31(29,30)25-20-8-2-3-9-20/h4-7,10-12,15,18,20,25H,2-3,8-9,13-14,16-17H2,1H3/t18-/m0/s1. The third-order valence-corrected chi connectivity index (χ3v) is 7.67. The van der Waals surface area contributed by atoms with Crippen LogP contribution in [0, 0.1) is 0 Å². The summed E-state index contributed by atoms with van der Waals surface area (Å²) < 4.78 is 28.3. The molecular formula is C23H30N4O3S. The number of carbonyl (C=O) groups excluding carboxylic acids is 1. The van der Waals surface area contributed by atoms with Crippen LogP contribution in [0.5, 0.6) is 0 Å². The molecule has 1 aliphatic heterocycles. The Hall–Kier alpha value is -2.29. The molecule has 0 bridgehead atoms. The summed E-state index contributed by atoms with van der Waals surface area (Å²) in [5, 5.41) is 0. The van der Waals surface area contributed by atoms with Crippen LogP contribution in [0.1, 0.15) is 48.7 Å². The molecule has 2 aromatic rings. The summed E-state index contributed by atoms with van der Waals surface area (Å²) in [5.41, 5.74) is 1.43. The van der Waals surface area contributed by atoms with Crippen LogP contribution in [0.25, 0.3) is 0 Å². The molecule has 1 aromatic carbocycles. The highest BCUT2D eigenvalue weighted by atomic mass is 32.2. The maximum atomic E-state index is 13.2. The summed E-state index contributed by atoms with van der Waals surface area (Å²) in [4.78, 5) is 21.9. The summed E-state index contributed by atoms with van der Waals surface area (Å²) in [6, 6.07) is 12.3. The molecule has 166 valence electrons. The van der Waals surface area contributed by atoms with Gasteiger partial charge in [-0.15, -0.1) is 0 Å². The van der Waals surface area contributed by atoms with Crippen molar-refractivity contribution in [3.05, 3.63) is 59.9 Å². The van der Waals surface area contributed by atoms with Gasteiger partial charge >= 0.3 is 0 Å². The van der Waals surface area contributed by atoms with Crippen molar-refractivity contribution in [3.63, 3.8) is 0 Å². The van der Waals surface area contributed by atoms with Gasteiger partial charge in [-0.2, -0.15) is 0 Å². The van der Waals surface area contributed by atoms with E-state index in [2.05, 4.69) is 14.6 Å². The first-order valence-electron chi connectivity index (χ1n) is 11.0. The van der Waals surface area contributed by atoms with Crippen LogP contribution in [0.2, 0.25) is 0 Å². The number of aromatic nitrogens is 1. The Bertz CT molecular complexity index is 1010. The van der Waals surface area contributed by atoms with Gasteiger partial charge in [-0.1, -0.05) is 25.0 Å². The molecule has 8 heteroatoms. The molecule has 1 amide bonds. The molecule has 2 fully saturated rings. The molecule has 0 spiro atoms. The second kappa shape index (κ2) is 9.46. The van der Waals surface area contributed by atoms with E-state index in [0.29, 0.717) is 12.1 Å². The van der Waals surface area contributed by atoms with Crippen molar-refractivity contribution in [1.82, 2.24) is 19.5 Å². The van der Waals surface area contributed by atoms with Gasteiger partial charge in [0.2, 0.25) is 10.0 Å². The second-order valence-corrected chi connectivity index (χ2v) is 10.2. The van der Waals surface area contributed by atoms with Crippen molar-refractivity contribution < 1.29 is 13.2 Å². The lowest BCUT2D eigenvalue weighted by Crippen LogP contribution is -2.53. The van der Waals surface area contributed by atoms with Gasteiger partial charge < -0.3 is 4.90 Å². The van der Waals surface area contributed by atoms with Crippen molar-refractivity contribution in [2.75, 3.05) is 19.6 Å². The molecule has 1 aromatic heterocycles. The topological polar surface area (TPSA) is 82.6 Å². The molecule has 7 nitrogen and oxygen atoms in total. The summed E-state index contributed by atoms with van der Waals surface area (Å²) >= 11 is 0. The van der Waals surface area contributed by atoms with Crippen molar-refractivity contribution >= 4 is 15.9 Å². The molecule has 1 saturated carbocycles. The number of amides is 1. The minimum atomic E-state index is -3.62. The minimum absolute atomic E-state index is 0.00318. The zero-order valence-corrected chi connectivity index (χ0v) is 18.7. The van der Waals surface area contributed by atoms with Crippen LogP contribution >= 0.6 is 0 Å². The molecule has 2 heterocycles. The van der Waals surface area contributed by atoms with E-state index in [0.717, 1.165) is 51.0 Å². The number of nitrogens with zero attached hydrogens (tertiary/aromatic N) is 3. The molecule has 1 saturated heterocycles. The van der Waals surface area contributed by atoms with Crippen LogP contribution in [-0.2, 0) is 16.6 Å². The third-order valence-electron chi connectivity index (χ3n) is 6.15. The van der Waals surface area contributed by atoms with E-state index >= 15 is 0 Å². The Kier molecular flexibility index (Phi) is 6.69. The molecule has 1 atom stereocenters. The molecule has 0 radical (unpaired) electrons. The Morgan fingerprint density at radius 3 is 2.65 bits per heavy atom. The SMILES string of the molecule is C[C@H]1CN(Cc2ccccn2)CCN1C(=O)c1cccc(S(=O)(=O)NC2CCCC2)c1. The average molecular weight is 443 g/mol. The Balaban J connectivity index is 1.42. The van der Waals surface area contributed by atoms with Crippen LogP contribution in [0.3, 0.4) is 0 Å². The fourth-order valence-electron chi connectivity index (χ4n) is 4.49. The van der Waals surface area contributed by atoms with Crippen LogP contribution in [0.4, 0.5) is 0 Å². The van der Waals surface area contributed by atoms with Gasteiger partial charge in [-0.25, -0.2) is 13.1 Å².